The van der Waals surface area contributed by atoms with E-state index in [1.54, 1.807) is 0 Å². The summed E-state index contributed by atoms with van der Waals surface area (Å²) < 4.78 is 0.412. The number of aromatic nitrogens is 1. The van der Waals surface area contributed by atoms with E-state index >= 15 is 0 Å². The van der Waals surface area contributed by atoms with Gasteiger partial charge in [-0.15, -0.1) is 11.6 Å². The lowest BCUT2D eigenvalue weighted by molar-refractivity contribution is -0.113. The highest BCUT2D eigenvalue weighted by Gasteiger charge is 2.03. The van der Waals surface area contributed by atoms with Crippen LogP contribution in [-0.2, 0) is 4.79 Å². The second-order valence-electron chi connectivity index (χ2n) is 1.59. The van der Waals surface area contributed by atoms with Gasteiger partial charge in [0.15, 0.2) is 5.13 Å². The smallest absolute Gasteiger partial charge is 0.241 e. The summed E-state index contributed by atoms with van der Waals surface area (Å²) in [4.78, 5) is 14.3. The molecule has 59 valence electrons. The van der Waals surface area contributed by atoms with Gasteiger partial charge in [-0.2, -0.15) is 0 Å². The Hall–Kier alpha value is -0.320. The lowest BCUT2D eigenvalue weighted by Gasteiger charge is -1.93. The standard InChI is InChI=1S/C5H3Cl2N2OS/c6-1-4(10)9-5-8-2-3(7)11-5/h1H2,(H,8,9,10). The Morgan fingerprint density at radius 1 is 1.82 bits per heavy atom. The summed E-state index contributed by atoms with van der Waals surface area (Å²) in [5, 5.41) is 2.85. The highest BCUT2D eigenvalue weighted by molar-refractivity contribution is 7.19. The number of hydrogen-bond donors (Lipinski definition) is 1. The van der Waals surface area contributed by atoms with Crippen LogP contribution in [0.2, 0.25) is 4.34 Å². The summed E-state index contributed by atoms with van der Waals surface area (Å²) >= 11 is 11.9. The molecule has 0 unspecified atom stereocenters. The van der Waals surface area contributed by atoms with Crippen molar-refractivity contribution in [3.05, 3.63) is 10.5 Å². The van der Waals surface area contributed by atoms with Crippen molar-refractivity contribution in [3.8, 4) is 0 Å². The lowest BCUT2D eigenvalue weighted by Crippen LogP contribution is -2.11. The van der Waals surface area contributed by atoms with E-state index in [0.29, 0.717) is 9.47 Å². The van der Waals surface area contributed by atoms with Crippen LogP contribution >= 0.6 is 34.5 Å². The van der Waals surface area contributed by atoms with Crippen LogP contribution in [0.1, 0.15) is 0 Å². The average molecular weight is 210 g/mol. The molecule has 1 aromatic rings. The van der Waals surface area contributed by atoms with Gasteiger partial charge in [-0.05, 0) is 0 Å². The van der Waals surface area contributed by atoms with Crippen LogP contribution in [0.15, 0.2) is 0 Å². The monoisotopic (exact) mass is 209 g/mol. The van der Waals surface area contributed by atoms with E-state index < -0.39 is 0 Å². The molecule has 0 spiro atoms. The van der Waals surface area contributed by atoms with Crippen molar-refractivity contribution in [1.82, 2.24) is 4.98 Å². The molecule has 0 aliphatic heterocycles. The van der Waals surface area contributed by atoms with E-state index in [2.05, 4.69) is 16.5 Å². The zero-order valence-corrected chi connectivity index (χ0v) is 7.56. The SMILES string of the molecule is O=C(CCl)Nc1n[c]c(Cl)s1. The molecule has 1 N–H and O–H groups in total. The maximum absolute atomic E-state index is 10.7. The molecule has 0 aliphatic rings. The maximum atomic E-state index is 10.7. The summed E-state index contributed by atoms with van der Waals surface area (Å²) in [6.07, 6.45) is 2.47. The van der Waals surface area contributed by atoms with Crippen molar-refractivity contribution >= 4 is 45.6 Å². The molecule has 6 heteroatoms. The molecule has 0 aromatic carbocycles. The third kappa shape index (κ3) is 2.65. The molecular weight excluding hydrogens is 207 g/mol. The highest BCUT2D eigenvalue weighted by atomic mass is 35.5. The Balaban J connectivity index is 2.57. The van der Waals surface area contributed by atoms with Gasteiger partial charge >= 0.3 is 0 Å². The normalized spacial score (nSPS) is 9.64. The van der Waals surface area contributed by atoms with Gasteiger partial charge in [0.2, 0.25) is 5.91 Å². The summed E-state index contributed by atoms with van der Waals surface area (Å²) in [5.41, 5.74) is 0. The van der Waals surface area contributed by atoms with Crippen LogP contribution in [0.4, 0.5) is 5.13 Å². The van der Waals surface area contributed by atoms with Gasteiger partial charge in [0.25, 0.3) is 0 Å². The number of nitrogens with one attached hydrogen (secondary N) is 1. The molecule has 1 amide bonds. The Kier molecular flexibility index (Phi) is 3.11. The van der Waals surface area contributed by atoms with E-state index in [-0.39, 0.29) is 11.8 Å². The van der Waals surface area contributed by atoms with Gasteiger partial charge in [0.05, 0.1) is 0 Å². The molecule has 1 radical (unpaired) electrons. The first-order valence-corrected chi connectivity index (χ1v) is 4.35. The van der Waals surface area contributed by atoms with Crippen molar-refractivity contribution in [1.29, 1.82) is 0 Å². The summed E-state index contributed by atoms with van der Waals surface area (Å²) in [6.45, 7) is 0. The van der Waals surface area contributed by atoms with Crippen molar-refractivity contribution in [3.63, 3.8) is 0 Å². The second kappa shape index (κ2) is 3.90. The summed E-state index contributed by atoms with van der Waals surface area (Å²) in [6, 6.07) is 0. The van der Waals surface area contributed by atoms with Gasteiger partial charge in [-0.1, -0.05) is 22.9 Å². The quantitative estimate of drug-likeness (QED) is 0.756. The van der Waals surface area contributed by atoms with Crippen LogP contribution in [0.5, 0.6) is 0 Å². The summed E-state index contributed by atoms with van der Waals surface area (Å²) in [5.74, 6) is -0.386. The zero-order valence-electron chi connectivity index (χ0n) is 5.23. The Morgan fingerprint density at radius 2 is 2.55 bits per heavy atom. The van der Waals surface area contributed by atoms with Crippen LogP contribution in [0, 0.1) is 6.20 Å². The number of halogens is 2. The van der Waals surface area contributed by atoms with Crippen LogP contribution in [0.3, 0.4) is 0 Å². The highest BCUT2D eigenvalue weighted by Crippen LogP contribution is 2.21. The Labute approximate surface area is 77.3 Å². The molecule has 0 aliphatic carbocycles. The van der Waals surface area contributed by atoms with E-state index in [0.717, 1.165) is 11.3 Å². The first kappa shape index (κ1) is 8.77. The molecule has 3 nitrogen and oxygen atoms in total. The van der Waals surface area contributed by atoms with Gasteiger partial charge in [0.1, 0.15) is 16.4 Å². The first-order chi connectivity index (χ1) is 5.22. The Bertz CT molecular complexity index is 263. The molecule has 0 bridgehead atoms. The molecule has 0 atom stereocenters. The molecule has 1 heterocycles. The number of thiazole rings is 1. The fourth-order valence-electron chi connectivity index (χ4n) is 0.431. The maximum Gasteiger partial charge on any atom is 0.241 e. The van der Waals surface area contributed by atoms with Crippen LogP contribution < -0.4 is 5.32 Å². The van der Waals surface area contributed by atoms with Gasteiger partial charge < -0.3 is 5.32 Å². The number of alkyl halides is 1. The third-order valence-electron chi connectivity index (χ3n) is 0.799. The van der Waals surface area contributed by atoms with Crippen LogP contribution in [0.25, 0.3) is 0 Å². The number of nitrogens with zero attached hydrogens (tertiary/aromatic N) is 1. The minimum absolute atomic E-state index is 0.0861. The molecule has 11 heavy (non-hydrogen) atoms. The average Bonchev–Trinajstić information content (AvgIpc) is 2.35. The van der Waals surface area contributed by atoms with E-state index in [9.17, 15) is 4.79 Å². The molecular formula is C5H3Cl2N2OS. The predicted octanol–water partition coefficient (Wildman–Crippen LogP) is 1.77. The van der Waals surface area contributed by atoms with Crippen molar-refractivity contribution < 1.29 is 4.79 Å². The van der Waals surface area contributed by atoms with E-state index in [1.165, 1.54) is 0 Å². The zero-order chi connectivity index (χ0) is 8.27. The van der Waals surface area contributed by atoms with E-state index in [1.807, 2.05) is 0 Å². The minimum Gasteiger partial charge on any atom is -0.301 e. The topological polar surface area (TPSA) is 42.0 Å². The van der Waals surface area contributed by atoms with Crippen molar-refractivity contribution in [2.75, 3.05) is 11.2 Å². The molecule has 1 aromatic heterocycles. The number of amides is 1. The third-order valence-corrected chi connectivity index (χ3v) is 2.02. The van der Waals surface area contributed by atoms with Crippen molar-refractivity contribution in [2.45, 2.75) is 0 Å². The van der Waals surface area contributed by atoms with Crippen molar-refractivity contribution in [2.24, 2.45) is 0 Å². The number of carbonyl (C=O) groups is 1. The molecule has 0 saturated carbocycles. The summed E-state index contributed by atoms with van der Waals surface area (Å²) in [7, 11) is 0. The number of carbonyl (C=O) groups excluding carboxylic acids is 1. The number of rotatable bonds is 2. The Morgan fingerprint density at radius 3 is 3.00 bits per heavy atom. The van der Waals surface area contributed by atoms with Gasteiger partial charge in [0, 0.05) is 0 Å². The van der Waals surface area contributed by atoms with Gasteiger partial charge in [-0.3, -0.25) is 4.79 Å². The fraction of sp³-hybridized carbons (Fsp3) is 0.200. The van der Waals surface area contributed by atoms with Gasteiger partial charge in [-0.25, -0.2) is 4.98 Å². The number of anilines is 1. The first-order valence-electron chi connectivity index (χ1n) is 2.62. The fourth-order valence-corrected chi connectivity index (χ4v) is 1.28. The minimum atomic E-state index is -0.300. The largest absolute Gasteiger partial charge is 0.301 e. The number of hydrogen-bond acceptors (Lipinski definition) is 3. The van der Waals surface area contributed by atoms with E-state index in [4.69, 9.17) is 23.2 Å². The molecule has 0 saturated heterocycles. The lowest BCUT2D eigenvalue weighted by atomic mass is 10.7. The molecule has 0 fully saturated rings. The predicted molar refractivity (Wildman–Crippen MR) is 45.3 cm³/mol. The second-order valence-corrected chi connectivity index (χ2v) is 3.45. The van der Waals surface area contributed by atoms with Crippen LogP contribution in [-0.4, -0.2) is 16.8 Å². The molecule has 1 rings (SSSR count).